The Bertz CT molecular complexity index is 761. The first-order valence-electron chi connectivity index (χ1n) is 8.70. The molecule has 1 aliphatic rings. The maximum atomic E-state index is 12.5. The number of hydrogen-bond donors (Lipinski definition) is 1. The Morgan fingerprint density at radius 1 is 1.04 bits per heavy atom. The first kappa shape index (κ1) is 17.4. The van der Waals surface area contributed by atoms with E-state index in [2.05, 4.69) is 4.90 Å². The molecule has 1 saturated heterocycles. The largest absolute Gasteiger partial charge is 0.481 e. The number of carbonyl (C=O) groups excluding carboxylic acids is 1. The van der Waals surface area contributed by atoms with Crippen LogP contribution < -0.4 is 0 Å². The summed E-state index contributed by atoms with van der Waals surface area (Å²) in [5, 5.41) is 11.8. The van der Waals surface area contributed by atoms with Crippen molar-refractivity contribution in [3.05, 3.63) is 48.0 Å². The summed E-state index contributed by atoms with van der Waals surface area (Å²) < 4.78 is 0. The molecular weight excluding hydrogens is 316 g/mol. The van der Waals surface area contributed by atoms with Gasteiger partial charge in [0.15, 0.2) is 0 Å². The van der Waals surface area contributed by atoms with Gasteiger partial charge >= 0.3 is 5.97 Å². The first-order valence-corrected chi connectivity index (χ1v) is 8.70. The SMILES string of the molecule is CN1CCN(C(=O)C[C@@H](Cc2cccc3ccccc23)C(=O)O)CC1. The summed E-state index contributed by atoms with van der Waals surface area (Å²) in [6.45, 7) is 3.03. The van der Waals surface area contributed by atoms with E-state index in [1.807, 2.05) is 49.5 Å². The third-order valence-electron chi connectivity index (χ3n) is 4.97. The van der Waals surface area contributed by atoms with Gasteiger partial charge in [0.2, 0.25) is 5.91 Å². The molecule has 132 valence electrons. The minimum absolute atomic E-state index is 0.0549. The number of benzene rings is 2. The molecule has 1 amide bonds. The van der Waals surface area contributed by atoms with Crippen LogP contribution in [0.25, 0.3) is 10.8 Å². The van der Waals surface area contributed by atoms with Gasteiger partial charge in [-0.1, -0.05) is 42.5 Å². The zero-order valence-electron chi connectivity index (χ0n) is 14.5. The minimum atomic E-state index is -0.907. The minimum Gasteiger partial charge on any atom is -0.481 e. The highest BCUT2D eigenvalue weighted by Gasteiger charge is 2.26. The fourth-order valence-corrected chi connectivity index (χ4v) is 3.38. The molecule has 0 aliphatic carbocycles. The Kier molecular flexibility index (Phi) is 5.34. The number of amides is 1. The van der Waals surface area contributed by atoms with Crippen molar-refractivity contribution in [3.8, 4) is 0 Å². The lowest BCUT2D eigenvalue weighted by Crippen LogP contribution is -2.47. The van der Waals surface area contributed by atoms with Gasteiger partial charge in [-0.05, 0) is 29.8 Å². The summed E-state index contributed by atoms with van der Waals surface area (Å²) in [5.41, 5.74) is 0.983. The zero-order chi connectivity index (χ0) is 17.8. The van der Waals surface area contributed by atoms with Crippen LogP contribution in [0.15, 0.2) is 42.5 Å². The monoisotopic (exact) mass is 340 g/mol. The number of nitrogens with zero attached hydrogens (tertiary/aromatic N) is 2. The summed E-state index contributed by atoms with van der Waals surface area (Å²) in [5.74, 6) is -1.66. The summed E-state index contributed by atoms with van der Waals surface area (Å²) in [7, 11) is 2.03. The Hall–Kier alpha value is -2.40. The molecule has 3 rings (SSSR count). The highest BCUT2D eigenvalue weighted by Crippen LogP contribution is 2.23. The second-order valence-corrected chi connectivity index (χ2v) is 6.77. The number of carbonyl (C=O) groups is 2. The maximum Gasteiger partial charge on any atom is 0.307 e. The Morgan fingerprint density at radius 2 is 1.72 bits per heavy atom. The molecule has 25 heavy (non-hydrogen) atoms. The van der Waals surface area contributed by atoms with Crippen LogP contribution in [-0.2, 0) is 16.0 Å². The van der Waals surface area contributed by atoms with Crippen LogP contribution in [0.5, 0.6) is 0 Å². The Labute approximate surface area is 147 Å². The summed E-state index contributed by atoms with van der Waals surface area (Å²) in [6.07, 6.45) is 0.429. The lowest BCUT2D eigenvalue weighted by atomic mass is 9.92. The lowest BCUT2D eigenvalue weighted by Gasteiger charge is -2.33. The van der Waals surface area contributed by atoms with Crippen molar-refractivity contribution in [2.24, 2.45) is 5.92 Å². The molecule has 1 heterocycles. The van der Waals surface area contributed by atoms with E-state index in [-0.39, 0.29) is 12.3 Å². The van der Waals surface area contributed by atoms with Gasteiger partial charge < -0.3 is 14.9 Å². The zero-order valence-corrected chi connectivity index (χ0v) is 14.5. The molecule has 1 N–H and O–H groups in total. The predicted molar refractivity (Wildman–Crippen MR) is 97.5 cm³/mol. The topological polar surface area (TPSA) is 60.9 Å². The third-order valence-corrected chi connectivity index (χ3v) is 4.97. The van der Waals surface area contributed by atoms with Gasteiger partial charge in [0.25, 0.3) is 0 Å². The van der Waals surface area contributed by atoms with Crippen LogP contribution in [0.1, 0.15) is 12.0 Å². The highest BCUT2D eigenvalue weighted by molar-refractivity contribution is 5.87. The molecule has 5 nitrogen and oxygen atoms in total. The second kappa shape index (κ2) is 7.66. The van der Waals surface area contributed by atoms with Crippen molar-refractivity contribution < 1.29 is 14.7 Å². The van der Waals surface area contributed by atoms with Crippen LogP contribution in [0.3, 0.4) is 0 Å². The first-order chi connectivity index (χ1) is 12.0. The average Bonchev–Trinajstić information content (AvgIpc) is 2.61. The van der Waals surface area contributed by atoms with Gasteiger partial charge in [-0.25, -0.2) is 0 Å². The van der Waals surface area contributed by atoms with Gasteiger partial charge in [-0.2, -0.15) is 0 Å². The smallest absolute Gasteiger partial charge is 0.307 e. The van der Waals surface area contributed by atoms with Gasteiger partial charge in [0.1, 0.15) is 0 Å². The third kappa shape index (κ3) is 4.17. The molecule has 2 aromatic rings. The molecular formula is C20H24N2O3. The van der Waals surface area contributed by atoms with Crippen molar-refractivity contribution in [1.82, 2.24) is 9.80 Å². The van der Waals surface area contributed by atoms with E-state index in [0.717, 1.165) is 29.4 Å². The van der Waals surface area contributed by atoms with E-state index >= 15 is 0 Å². The van der Waals surface area contributed by atoms with Crippen LogP contribution in [0.4, 0.5) is 0 Å². The normalized spacial score (nSPS) is 16.8. The standard InChI is InChI=1S/C20H24N2O3/c1-21-9-11-22(12-10-21)19(23)14-17(20(24)25)13-16-7-4-6-15-5-2-3-8-18(15)16/h2-8,17H,9-14H2,1H3,(H,24,25)/t17-/m1/s1. The molecule has 0 spiro atoms. The Balaban J connectivity index is 1.73. The highest BCUT2D eigenvalue weighted by atomic mass is 16.4. The van der Waals surface area contributed by atoms with Crippen LogP contribution in [0.2, 0.25) is 0 Å². The lowest BCUT2D eigenvalue weighted by molar-refractivity contribution is -0.146. The van der Waals surface area contributed by atoms with E-state index in [1.165, 1.54) is 0 Å². The number of carboxylic acid groups (broad SMARTS) is 1. The number of likely N-dealkylation sites (N-methyl/N-ethyl adjacent to an activating group) is 1. The van der Waals surface area contributed by atoms with Crippen molar-refractivity contribution in [1.29, 1.82) is 0 Å². The number of fused-ring (bicyclic) bond motifs is 1. The van der Waals surface area contributed by atoms with Crippen molar-refractivity contribution in [2.45, 2.75) is 12.8 Å². The second-order valence-electron chi connectivity index (χ2n) is 6.77. The van der Waals surface area contributed by atoms with E-state index < -0.39 is 11.9 Å². The number of carboxylic acids is 1. The summed E-state index contributed by atoms with van der Waals surface area (Å²) >= 11 is 0. The molecule has 1 fully saturated rings. The van der Waals surface area contributed by atoms with Crippen molar-refractivity contribution in [3.63, 3.8) is 0 Å². The fraction of sp³-hybridized carbons (Fsp3) is 0.400. The quantitative estimate of drug-likeness (QED) is 0.907. The molecule has 0 bridgehead atoms. The fourth-order valence-electron chi connectivity index (χ4n) is 3.38. The maximum absolute atomic E-state index is 12.5. The molecule has 5 heteroatoms. The van der Waals surface area contributed by atoms with Crippen molar-refractivity contribution in [2.75, 3.05) is 33.2 Å². The van der Waals surface area contributed by atoms with E-state index in [9.17, 15) is 14.7 Å². The molecule has 0 unspecified atom stereocenters. The molecule has 0 radical (unpaired) electrons. The molecule has 0 aromatic heterocycles. The van der Waals surface area contributed by atoms with Gasteiger partial charge in [0.05, 0.1) is 5.92 Å². The van der Waals surface area contributed by atoms with Gasteiger partial charge in [-0.3, -0.25) is 9.59 Å². The summed E-state index contributed by atoms with van der Waals surface area (Å²) in [6, 6.07) is 13.9. The Morgan fingerprint density at radius 3 is 2.44 bits per heavy atom. The molecule has 2 aromatic carbocycles. The molecule has 1 atom stereocenters. The summed E-state index contributed by atoms with van der Waals surface area (Å²) in [4.78, 5) is 28.2. The predicted octanol–water partition coefficient (Wildman–Crippen LogP) is 2.25. The number of rotatable bonds is 5. The molecule has 0 saturated carbocycles. The number of hydrogen-bond acceptors (Lipinski definition) is 3. The van der Waals surface area contributed by atoms with E-state index in [4.69, 9.17) is 0 Å². The van der Waals surface area contributed by atoms with Gasteiger partial charge in [-0.15, -0.1) is 0 Å². The number of aliphatic carboxylic acids is 1. The molecule has 1 aliphatic heterocycles. The number of piperazine rings is 1. The average molecular weight is 340 g/mol. The van der Waals surface area contributed by atoms with Crippen LogP contribution in [-0.4, -0.2) is 60.0 Å². The van der Waals surface area contributed by atoms with Gasteiger partial charge in [0, 0.05) is 32.6 Å². The van der Waals surface area contributed by atoms with Crippen LogP contribution in [0, 0.1) is 5.92 Å². The van der Waals surface area contributed by atoms with E-state index in [0.29, 0.717) is 19.5 Å². The van der Waals surface area contributed by atoms with Crippen molar-refractivity contribution >= 4 is 22.6 Å². The van der Waals surface area contributed by atoms with Crippen LogP contribution >= 0.6 is 0 Å². The van der Waals surface area contributed by atoms with E-state index in [1.54, 1.807) is 4.90 Å².